The fraction of sp³-hybridized carbons (Fsp3) is 0.125. The minimum Gasteiger partial charge on any atom is -0.618 e. The second kappa shape index (κ2) is 5.61. The van der Waals surface area contributed by atoms with E-state index in [1.165, 1.54) is 18.0 Å². The number of thioether (sulfide) groups is 1. The lowest BCUT2D eigenvalue weighted by Gasteiger charge is -2.09. The molecule has 1 aromatic carbocycles. The highest BCUT2D eigenvalue weighted by Gasteiger charge is 2.22. The fourth-order valence-corrected chi connectivity index (χ4v) is 3.15. The largest absolute Gasteiger partial charge is 0.618 e. The smallest absolute Gasteiger partial charge is 0.252 e. The Morgan fingerprint density at radius 1 is 1.24 bits per heavy atom. The van der Waals surface area contributed by atoms with Crippen molar-refractivity contribution in [1.29, 1.82) is 0 Å². The molecule has 0 saturated carbocycles. The van der Waals surface area contributed by atoms with Crippen LogP contribution in [0, 0.1) is 5.21 Å². The van der Waals surface area contributed by atoms with Crippen molar-refractivity contribution in [1.82, 2.24) is 4.98 Å². The number of ketones is 1. The Bertz CT molecular complexity index is 798. The van der Waals surface area contributed by atoms with Crippen molar-refractivity contribution in [2.75, 3.05) is 0 Å². The van der Waals surface area contributed by atoms with E-state index in [1.54, 1.807) is 24.4 Å². The molecule has 21 heavy (non-hydrogen) atoms. The molecule has 0 aliphatic heterocycles. The third-order valence-electron chi connectivity index (χ3n) is 3.31. The zero-order valence-electron chi connectivity index (χ0n) is 11.4. The maximum absolute atomic E-state index is 12.6. The van der Waals surface area contributed by atoms with Crippen molar-refractivity contribution < 1.29 is 9.52 Å². The molecular formula is C16H14N2O2S. The van der Waals surface area contributed by atoms with Crippen LogP contribution >= 0.6 is 11.8 Å². The first-order valence-corrected chi connectivity index (χ1v) is 7.50. The number of benzene rings is 1. The van der Waals surface area contributed by atoms with Gasteiger partial charge in [-0.1, -0.05) is 18.2 Å². The van der Waals surface area contributed by atoms with E-state index in [0.717, 1.165) is 15.6 Å². The summed E-state index contributed by atoms with van der Waals surface area (Å²) in [5.41, 5.74) is 1.61. The number of pyridine rings is 1. The van der Waals surface area contributed by atoms with Crippen LogP contribution in [0.4, 0.5) is 0 Å². The second-order valence-electron chi connectivity index (χ2n) is 4.74. The van der Waals surface area contributed by atoms with Gasteiger partial charge in [-0.25, -0.2) is 0 Å². The molecule has 3 rings (SSSR count). The molecule has 0 radical (unpaired) electrons. The normalized spacial score (nSPS) is 12.4. The van der Waals surface area contributed by atoms with E-state index in [-0.39, 0.29) is 11.0 Å². The number of nitrogens with one attached hydrogen (secondary N) is 1. The number of Topliss-reactive ketones (excluding diaryl/α,β-unsaturated/α-hetero) is 1. The second-order valence-corrected chi connectivity index (χ2v) is 6.10. The Labute approximate surface area is 126 Å². The molecule has 0 amide bonds. The van der Waals surface area contributed by atoms with Crippen molar-refractivity contribution in [2.45, 2.75) is 17.2 Å². The average Bonchev–Trinajstić information content (AvgIpc) is 2.92. The number of hydrogen-bond donors (Lipinski definition) is 1. The monoisotopic (exact) mass is 298 g/mol. The van der Waals surface area contributed by atoms with Gasteiger partial charge in [-0.15, -0.1) is 0 Å². The topological polar surface area (TPSA) is 59.8 Å². The summed E-state index contributed by atoms with van der Waals surface area (Å²) >= 11 is 1.27. The lowest BCUT2D eigenvalue weighted by atomic mass is 10.1. The van der Waals surface area contributed by atoms with Crippen molar-refractivity contribution >= 4 is 28.4 Å². The molecular weight excluding hydrogens is 284 g/mol. The van der Waals surface area contributed by atoms with Gasteiger partial charge in [0.15, 0.2) is 12.0 Å². The van der Waals surface area contributed by atoms with E-state index in [4.69, 9.17) is 0 Å². The highest BCUT2D eigenvalue weighted by atomic mass is 32.2. The van der Waals surface area contributed by atoms with Gasteiger partial charge in [-0.2, -0.15) is 4.73 Å². The van der Waals surface area contributed by atoms with E-state index in [1.807, 2.05) is 31.2 Å². The highest BCUT2D eigenvalue weighted by Crippen LogP contribution is 2.26. The van der Waals surface area contributed by atoms with Gasteiger partial charge in [-0.3, -0.25) is 4.79 Å². The Kier molecular flexibility index (Phi) is 3.66. The number of aromatic nitrogens is 2. The SMILES string of the molecule is C[C@H](Sc1cccc[n+]1[O-])C(=O)c1c[nH]c2ccccc12. The first-order chi connectivity index (χ1) is 10.2. The summed E-state index contributed by atoms with van der Waals surface area (Å²) in [4.78, 5) is 15.7. The Morgan fingerprint density at radius 3 is 2.81 bits per heavy atom. The number of hydrogen-bond acceptors (Lipinski definition) is 3. The standard InChI is InChI=1S/C16H14N2O2S/c1-11(21-15-8-4-5-9-18(15)20)16(19)13-10-17-14-7-3-2-6-12(13)14/h2-11,17H,1H3/t11-/m0/s1. The lowest BCUT2D eigenvalue weighted by Crippen LogP contribution is -2.29. The number of carbonyl (C=O) groups is 1. The zero-order chi connectivity index (χ0) is 14.8. The molecule has 1 atom stereocenters. The molecule has 0 aliphatic rings. The van der Waals surface area contributed by atoms with E-state index >= 15 is 0 Å². The van der Waals surface area contributed by atoms with Crippen molar-refractivity contribution in [3.8, 4) is 0 Å². The predicted octanol–water partition coefficient (Wildman–Crippen LogP) is 3.16. The third-order valence-corrected chi connectivity index (χ3v) is 4.44. The lowest BCUT2D eigenvalue weighted by molar-refractivity contribution is -0.645. The van der Waals surface area contributed by atoms with Crippen LogP contribution in [0.3, 0.4) is 0 Å². The number of aromatic amines is 1. The number of para-hydroxylation sites is 1. The van der Waals surface area contributed by atoms with Gasteiger partial charge >= 0.3 is 0 Å². The van der Waals surface area contributed by atoms with Crippen LogP contribution in [0.5, 0.6) is 0 Å². The molecule has 0 fully saturated rings. The number of rotatable bonds is 4. The summed E-state index contributed by atoms with van der Waals surface area (Å²) in [7, 11) is 0. The molecule has 0 spiro atoms. The molecule has 0 saturated heterocycles. The van der Waals surface area contributed by atoms with E-state index in [2.05, 4.69) is 4.98 Å². The summed E-state index contributed by atoms with van der Waals surface area (Å²) in [5.74, 6) is 0.0151. The molecule has 0 unspecified atom stereocenters. The minimum atomic E-state index is -0.327. The number of nitrogens with zero attached hydrogens (tertiary/aromatic N) is 1. The van der Waals surface area contributed by atoms with E-state index < -0.39 is 0 Å². The van der Waals surface area contributed by atoms with E-state index in [0.29, 0.717) is 10.6 Å². The van der Waals surface area contributed by atoms with Crippen molar-refractivity contribution in [3.05, 3.63) is 65.6 Å². The minimum absolute atomic E-state index is 0.0151. The van der Waals surface area contributed by atoms with Gasteiger partial charge in [0.1, 0.15) is 0 Å². The summed E-state index contributed by atoms with van der Waals surface area (Å²) in [6.45, 7) is 1.82. The van der Waals surface area contributed by atoms with Gasteiger partial charge in [0.05, 0.1) is 5.25 Å². The van der Waals surface area contributed by atoms with E-state index in [9.17, 15) is 10.0 Å². The van der Waals surface area contributed by atoms with Crippen LogP contribution < -0.4 is 4.73 Å². The molecule has 2 heterocycles. The maximum Gasteiger partial charge on any atom is 0.252 e. The highest BCUT2D eigenvalue weighted by molar-refractivity contribution is 8.00. The van der Waals surface area contributed by atoms with Crippen LogP contribution in [-0.2, 0) is 0 Å². The maximum atomic E-state index is 12.6. The third kappa shape index (κ3) is 2.64. The summed E-state index contributed by atoms with van der Waals surface area (Å²) in [6.07, 6.45) is 3.17. The number of fused-ring (bicyclic) bond motifs is 1. The predicted molar refractivity (Wildman–Crippen MR) is 83.4 cm³/mol. The van der Waals surface area contributed by atoms with Crippen LogP contribution in [0.25, 0.3) is 10.9 Å². The van der Waals surface area contributed by atoms with Crippen LogP contribution in [0.2, 0.25) is 0 Å². The molecule has 106 valence electrons. The quantitative estimate of drug-likeness (QED) is 0.348. The average molecular weight is 298 g/mol. The molecule has 2 aromatic heterocycles. The number of carbonyl (C=O) groups excluding carboxylic acids is 1. The first kappa shape index (κ1) is 13.7. The van der Waals surface area contributed by atoms with Crippen LogP contribution in [-0.4, -0.2) is 16.0 Å². The summed E-state index contributed by atoms with van der Waals surface area (Å²) in [6, 6.07) is 12.9. The molecule has 4 nitrogen and oxygen atoms in total. The zero-order valence-corrected chi connectivity index (χ0v) is 12.3. The molecule has 1 N–H and O–H groups in total. The van der Waals surface area contributed by atoms with Gasteiger partial charge in [-0.05, 0) is 30.8 Å². The fourth-order valence-electron chi connectivity index (χ4n) is 2.23. The van der Waals surface area contributed by atoms with Crippen molar-refractivity contribution in [2.24, 2.45) is 0 Å². The Hall–Kier alpha value is -2.27. The Balaban J connectivity index is 1.86. The Morgan fingerprint density at radius 2 is 2.00 bits per heavy atom. The molecule has 3 aromatic rings. The summed E-state index contributed by atoms with van der Waals surface area (Å²) in [5, 5.41) is 12.8. The van der Waals surface area contributed by atoms with Gasteiger partial charge in [0.25, 0.3) is 5.03 Å². The van der Waals surface area contributed by atoms with Gasteiger partial charge in [0, 0.05) is 34.8 Å². The van der Waals surface area contributed by atoms with Crippen LogP contribution in [0.15, 0.2) is 59.9 Å². The van der Waals surface area contributed by atoms with Crippen LogP contribution in [0.1, 0.15) is 17.3 Å². The summed E-state index contributed by atoms with van der Waals surface area (Å²) < 4.78 is 0.781. The van der Waals surface area contributed by atoms with Crippen molar-refractivity contribution in [3.63, 3.8) is 0 Å². The van der Waals surface area contributed by atoms with Gasteiger partial charge in [0.2, 0.25) is 0 Å². The van der Waals surface area contributed by atoms with Gasteiger partial charge < -0.3 is 10.2 Å². The molecule has 5 heteroatoms. The molecule has 0 aliphatic carbocycles. The molecule has 0 bridgehead atoms. The number of H-pyrrole nitrogens is 1. The first-order valence-electron chi connectivity index (χ1n) is 6.62.